The van der Waals surface area contributed by atoms with Gasteiger partial charge in [-0.1, -0.05) is 0 Å². The molecule has 2 aromatic heterocycles. The quantitative estimate of drug-likeness (QED) is 0.614. The fourth-order valence-electron chi connectivity index (χ4n) is 1.25. The summed E-state index contributed by atoms with van der Waals surface area (Å²) < 4.78 is 0. The highest BCUT2D eigenvalue weighted by molar-refractivity contribution is 5.77. The van der Waals surface area contributed by atoms with Crippen molar-refractivity contribution in [1.29, 1.82) is 0 Å². The van der Waals surface area contributed by atoms with Gasteiger partial charge in [0.2, 0.25) is 0 Å². The topological polar surface area (TPSA) is 41.6 Å². The van der Waals surface area contributed by atoms with Crippen LogP contribution in [0.4, 0.5) is 0 Å². The Kier molecular flexibility index (Phi) is 1.18. The van der Waals surface area contributed by atoms with Gasteiger partial charge in [-0.15, -0.1) is 0 Å². The first-order valence-corrected chi connectivity index (χ1v) is 3.55. The molecule has 0 fully saturated rings. The lowest BCUT2D eigenvalue weighted by Gasteiger charge is -1.95. The molecular weight excluding hydrogens is 138 g/mol. The zero-order valence-electron chi connectivity index (χ0n) is 6.55. The van der Waals surface area contributed by atoms with E-state index in [1.54, 1.807) is 6.20 Å². The number of aromatic amines is 1. The molecule has 1 N–H and O–H groups in total. The molecule has 0 saturated heterocycles. The third-order valence-electron chi connectivity index (χ3n) is 1.76. The van der Waals surface area contributed by atoms with E-state index in [0.29, 0.717) is 0 Å². The molecule has 0 bridgehead atoms. The predicted molar refractivity (Wildman–Crippen MR) is 43.4 cm³/mol. The van der Waals surface area contributed by atoms with Crippen molar-refractivity contribution in [3.8, 4) is 0 Å². The SMILES string of the molecule is Cc1cc(C)c2cn[nH]c2n1. The molecule has 0 radical (unpaired) electrons. The summed E-state index contributed by atoms with van der Waals surface area (Å²) in [5.74, 6) is 0. The average molecular weight is 147 g/mol. The van der Waals surface area contributed by atoms with Gasteiger partial charge in [0.15, 0.2) is 5.65 Å². The maximum absolute atomic E-state index is 4.28. The van der Waals surface area contributed by atoms with Gasteiger partial charge in [0.25, 0.3) is 0 Å². The Labute approximate surface area is 64.5 Å². The van der Waals surface area contributed by atoms with Gasteiger partial charge in [0.1, 0.15) is 0 Å². The normalized spacial score (nSPS) is 10.7. The molecule has 0 unspecified atom stereocenters. The first-order valence-electron chi connectivity index (χ1n) is 3.55. The molecule has 0 aliphatic rings. The van der Waals surface area contributed by atoms with Crippen molar-refractivity contribution in [2.75, 3.05) is 0 Å². The van der Waals surface area contributed by atoms with E-state index in [0.717, 1.165) is 16.7 Å². The number of nitrogens with one attached hydrogen (secondary N) is 1. The van der Waals surface area contributed by atoms with Crippen molar-refractivity contribution in [1.82, 2.24) is 15.2 Å². The van der Waals surface area contributed by atoms with Crippen LogP contribution in [0.5, 0.6) is 0 Å². The number of rotatable bonds is 0. The highest BCUT2D eigenvalue weighted by Gasteiger charge is 1.99. The number of aryl methyl sites for hydroxylation is 2. The lowest BCUT2D eigenvalue weighted by atomic mass is 10.2. The van der Waals surface area contributed by atoms with Crippen molar-refractivity contribution in [3.63, 3.8) is 0 Å². The summed E-state index contributed by atoms with van der Waals surface area (Å²) in [6, 6.07) is 2.05. The van der Waals surface area contributed by atoms with Crippen LogP contribution < -0.4 is 0 Å². The van der Waals surface area contributed by atoms with Crippen LogP contribution in [0.25, 0.3) is 11.0 Å². The molecule has 0 aliphatic carbocycles. The van der Waals surface area contributed by atoms with E-state index in [4.69, 9.17) is 0 Å². The Bertz CT molecular complexity index is 389. The van der Waals surface area contributed by atoms with Crippen molar-refractivity contribution < 1.29 is 0 Å². The molecule has 2 rings (SSSR count). The van der Waals surface area contributed by atoms with Crippen molar-refractivity contribution in [2.24, 2.45) is 0 Å². The van der Waals surface area contributed by atoms with Gasteiger partial charge in [-0.2, -0.15) is 5.10 Å². The van der Waals surface area contributed by atoms with Crippen LogP contribution in [-0.2, 0) is 0 Å². The molecule has 3 heteroatoms. The zero-order valence-corrected chi connectivity index (χ0v) is 6.55. The fraction of sp³-hybridized carbons (Fsp3) is 0.250. The van der Waals surface area contributed by atoms with E-state index in [1.807, 2.05) is 6.92 Å². The van der Waals surface area contributed by atoms with Crippen LogP contribution in [0.2, 0.25) is 0 Å². The number of aromatic nitrogens is 3. The molecule has 0 amide bonds. The second-order valence-electron chi connectivity index (χ2n) is 2.71. The molecule has 11 heavy (non-hydrogen) atoms. The number of hydrogen-bond donors (Lipinski definition) is 1. The third-order valence-corrected chi connectivity index (χ3v) is 1.76. The molecule has 0 aliphatic heterocycles. The molecule has 3 nitrogen and oxygen atoms in total. The largest absolute Gasteiger partial charge is 0.261 e. The molecule has 0 aromatic carbocycles. The zero-order chi connectivity index (χ0) is 7.84. The van der Waals surface area contributed by atoms with E-state index in [9.17, 15) is 0 Å². The summed E-state index contributed by atoms with van der Waals surface area (Å²) in [7, 11) is 0. The second-order valence-corrected chi connectivity index (χ2v) is 2.71. The van der Waals surface area contributed by atoms with Crippen LogP contribution in [0.3, 0.4) is 0 Å². The summed E-state index contributed by atoms with van der Waals surface area (Å²) in [4.78, 5) is 4.28. The summed E-state index contributed by atoms with van der Waals surface area (Å²) in [6.45, 7) is 4.04. The molecular formula is C8H9N3. The monoisotopic (exact) mass is 147 g/mol. The molecule has 56 valence electrons. The van der Waals surface area contributed by atoms with Crippen LogP contribution in [-0.4, -0.2) is 15.2 Å². The Morgan fingerprint density at radius 3 is 3.00 bits per heavy atom. The number of pyridine rings is 1. The first-order chi connectivity index (χ1) is 5.27. The van der Waals surface area contributed by atoms with Gasteiger partial charge in [0, 0.05) is 11.1 Å². The molecule has 0 atom stereocenters. The van der Waals surface area contributed by atoms with Gasteiger partial charge in [-0.25, -0.2) is 4.98 Å². The number of hydrogen-bond acceptors (Lipinski definition) is 2. The summed E-state index contributed by atoms with van der Waals surface area (Å²) in [5.41, 5.74) is 3.13. The Hall–Kier alpha value is -1.38. The van der Waals surface area contributed by atoms with E-state index in [-0.39, 0.29) is 0 Å². The molecule has 0 saturated carbocycles. The van der Waals surface area contributed by atoms with Crippen LogP contribution >= 0.6 is 0 Å². The minimum atomic E-state index is 0.877. The van der Waals surface area contributed by atoms with Gasteiger partial charge < -0.3 is 0 Å². The summed E-state index contributed by atoms with van der Waals surface area (Å²) in [6.07, 6.45) is 1.80. The minimum Gasteiger partial charge on any atom is -0.261 e. The Morgan fingerprint density at radius 2 is 2.18 bits per heavy atom. The highest BCUT2D eigenvalue weighted by atomic mass is 15.1. The second kappa shape index (κ2) is 2.05. The lowest BCUT2D eigenvalue weighted by Crippen LogP contribution is -1.84. The maximum Gasteiger partial charge on any atom is 0.155 e. The fourth-order valence-corrected chi connectivity index (χ4v) is 1.25. The first kappa shape index (κ1) is 6.34. The van der Waals surface area contributed by atoms with Crippen molar-refractivity contribution in [2.45, 2.75) is 13.8 Å². The lowest BCUT2D eigenvalue weighted by molar-refractivity contribution is 1.09. The smallest absolute Gasteiger partial charge is 0.155 e. The van der Waals surface area contributed by atoms with Crippen LogP contribution in [0, 0.1) is 13.8 Å². The minimum absolute atomic E-state index is 0.877. The van der Waals surface area contributed by atoms with E-state index >= 15 is 0 Å². The van der Waals surface area contributed by atoms with Crippen LogP contribution in [0.15, 0.2) is 12.3 Å². The van der Waals surface area contributed by atoms with E-state index in [2.05, 4.69) is 28.2 Å². The van der Waals surface area contributed by atoms with E-state index < -0.39 is 0 Å². The maximum atomic E-state index is 4.28. The average Bonchev–Trinajstić information content (AvgIpc) is 2.34. The third kappa shape index (κ3) is 0.888. The van der Waals surface area contributed by atoms with Gasteiger partial charge in [-0.05, 0) is 25.5 Å². The number of fused-ring (bicyclic) bond motifs is 1. The summed E-state index contributed by atoms with van der Waals surface area (Å²) >= 11 is 0. The Balaban J connectivity index is 2.91. The molecule has 2 aromatic rings. The molecule has 0 spiro atoms. The standard InChI is InChI=1S/C8H9N3/c1-5-3-6(2)10-8-7(5)4-9-11-8/h3-4H,1-2H3,(H,9,10,11). The summed E-state index contributed by atoms with van der Waals surface area (Å²) in [5, 5.41) is 7.86. The number of H-pyrrole nitrogens is 1. The van der Waals surface area contributed by atoms with E-state index in [1.165, 1.54) is 5.56 Å². The van der Waals surface area contributed by atoms with Crippen molar-refractivity contribution in [3.05, 3.63) is 23.5 Å². The van der Waals surface area contributed by atoms with Gasteiger partial charge in [0.05, 0.1) is 6.20 Å². The van der Waals surface area contributed by atoms with Gasteiger partial charge >= 0.3 is 0 Å². The van der Waals surface area contributed by atoms with Crippen LogP contribution in [0.1, 0.15) is 11.3 Å². The predicted octanol–water partition coefficient (Wildman–Crippen LogP) is 1.57. The van der Waals surface area contributed by atoms with Gasteiger partial charge in [-0.3, -0.25) is 5.10 Å². The Morgan fingerprint density at radius 1 is 1.36 bits per heavy atom. The highest BCUT2D eigenvalue weighted by Crippen LogP contribution is 2.13. The molecule has 2 heterocycles. The number of nitrogens with zero attached hydrogens (tertiary/aromatic N) is 2. The van der Waals surface area contributed by atoms with Crippen molar-refractivity contribution >= 4 is 11.0 Å².